The molecule has 1 fully saturated rings. The second-order valence-corrected chi connectivity index (χ2v) is 13.7. The Hall–Kier alpha value is -5.35. The van der Waals surface area contributed by atoms with Gasteiger partial charge in [-0.2, -0.15) is 0 Å². The number of ether oxygens (including phenoxy) is 4. The molecule has 5 aromatic carbocycles. The third-order valence-electron chi connectivity index (χ3n) is 9.08. The van der Waals surface area contributed by atoms with Gasteiger partial charge in [-0.25, -0.2) is 0 Å². The Kier molecular flexibility index (Phi) is 12.6. The highest BCUT2D eigenvalue weighted by molar-refractivity contribution is 7.23. The van der Waals surface area contributed by atoms with Gasteiger partial charge in [0.25, 0.3) is 6.47 Å². The number of nitrogens with zero attached hydrogens (tertiary/aromatic N) is 1. The van der Waals surface area contributed by atoms with E-state index in [1.54, 1.807) is 42.5 Å². The number of piperidine rings is 1. The molecule has 7 rings (SSSR count). The van der Waals surface area contributed by atoms with Crippen LogP contribution in [0.25, 0.3) is 20.5 Å². The smallest absolute Gasteiger partial charge is 0.298 e. The zero-order valence-electron chi connectivity index (χ0n) is 29.1. The standard InChI is InChI=1S/C43H39NO7S.ClH/c45-29-51-41-36(49-27-30-10-4-1-5-11-30)26-37-38(42(41)50-28-31-12-6-2-7-13-31)39(43(52-37)33-14-18-34(46)19-15-33)40(47)32-16-20-35(21-17-32)48-25-24-44-22-8-3-9-23-44;/h1-2,4-7,10-21,26,29,46H,3,8-9,22-25,27-28H2;1H. The molecule has 0 amide bonds. The van der Waals surface area contributed by atoms with E-state index in [9.17, 15) is 14.7 Å². The monoisotopic (exact) mass is 749 g/mol. The molecule has 0 bridgehead atoms. The van der Waals surface area contributed by atoms with Crippen molar-refractivity contribution in [2.24, 2.45) is 0 Å². The second kappa shape index (κ2) is 17.9. The third kappa shape index (κ3) is 9.00. The number of halogens is 1. The highest BCUT2D eigenvalue weighted by Crippen LogP contribution is 2.52. The fourth-order valence-corrected chi connectivity index (χ4v) is 7.64. The maximum absolute atomic E-state index is 14.7. The van der Waals surface area contributed by atoms with Gasteiger partial charge in [-0.3, -0.25) is 14.5 Å². The fourth-order valence-electron chi connectivity index (χ4n) is 6.41. The van der Waals surface area contributed by atoms with Crippen molar-refractivity contribution < 1.29 is 33.6 Å². The quantitative estimate of drug-likeness (QED) is 0.0820. The number of benzene rings is 5. The van der Waals surface area contributed by atoms with Gasteiger partial charge >= 0.3 is 0 Å². The molecule has 0 spiro atoms. The van der Waals surface area contributed by atoms with Gasteiger partial charge in [-0.1, -0.05) is 67.1 Å². The average Bonchev–Trinajstić information content (AvgIpc) is 3.57. The number of hydrogen-bond acceptors (Lipinski definition) is 9. The minimum Gasteiger partial charge on any atom is -0.508 e. The molecule has 53 heavy (non-hydrogen) atoms. The molecule has 1 aliphatic rings. The molecule has 1 N–H and O–H groups in total. The lowest BCUT2D eigenvalue weighted by atomic mass is 9.96. The molecule has 0 aliphatic carbocycles. The van der Waals surface area contributed by atoms with E-state index in [4.69, 9.17) is 18.9 Å². The van der Waals surface area contributed by atoms with Crippen LogP contribution >= 0.6 is 23.7 Å². The summed E-state index contributed by atoms with van der Waals surface area (Å²) in [5.41, 5.74) is 3.40. The molecule has 10 heteroatoms. The van der Waals surface area contributed by atoms with Crippen molar-refractivity contribution in [2.45, 2.75) is 32.5 Å². The Morgan fingerprint density at radius 3 is 2.04 bits per heavy atom. The van der Waals surface area contributed by atoms with E-state index in [0.717, 1.165) is 36.3 Å². The minimum absolute atomic E-state index is 0. The molecule has 0 unspecified atom stereocenters. The van der Waals surface area contributed by atoms with Crippen LogP contribution in [0.3, 0.4) is 0 Å². The van der Waals surface area contributed by atoms with Crippen molar-refractivity contribution in [1.29, 1.82) is 0 Å². The number of likely N-dealkylation sites (tertiary alicyclic amines) is 1. The molecule has 2 heterocycles. The Balaban J connectivity index is 0.00000481. The van der Waals surface area contributed by atoms with Crippen LogP contribution in [0.1, 0.15) is 46.3 Å². The molecule has 0 radical (unpaired) electrons. The lowest BCUT2D eigenvalue weighted by Gasteiger charge is -2.26. The molecular weight excluding hydrogens is 710 g/mol. The van der Waals surface area contributed by atoms with Gasteiger partial charge in [0.05, 0.1) is 10.9 Å². The van der Waals surface area contributed by atoms with E-state index >= 15 is 0 Å². The molecule has 1 aliphatic heterocycles. The van der Waals surface area contributed by atoms with E-state index in [-0.39, 0.29) is 48.7 Å². The lowest BCUT2D eigenvalue weighted by molar-refractivity contribution is -0.120. The van der Waals surface area contributed by atoms with Gasteiger partial charge in [0.1, 0.15) is 31.3 Å². The van der Waals surface area contributed by atoms with E-state index in [1.165, 1.54) is 30.6 Å². The first-order valence-corrected chi connectivity index (χ1v) is 18.3. The largest absolute Gasteiger partial charge is 0.508 e. The molecule has 6 aromatic rings. The van der Waals surface area contributed by atoms with Crippen molar-refractivity contribution in [3.63, 3.8) is 0 Å². The number of rotatable bonds is 15. The minimum atomic E-state index is -0.242. The van der Waals surface area contributed by atoms with Gasteiger partial charge in [0, 0.05) is 27.8 Å². The molecule has 0 saturated carbocycles. The number of phenols is 1. The molecule has 1 aromatic heterocycles. The van der Waals surface area contributed by atoms with Crippen LogP contribution in [0.2, 0.25) is 0 Å². The molecule has 8 nitrogen and oxygen atoms in total. The SMILES string of the molecule is Cl.O=COc1c(OCc2ccccc2)cc2sc(-c3ccc(O)cc3)c(C(=O)c3ccc(OCCN4CCCCC4)cc3)c2c1OCc1ccccc1. The highest BCUT2D eigenvalue weighted by Gasteiger charge is 2.29. The van der Waals surface area contributed by atoms with Crippen LogP contribution in [0.4, 0.5) is 0 Å². The number of carbonyl (C=O) groups excluding carboxylic acids is 2. The Bertz CT molecular complexity index is 2120. The van der Waals surface area contributed by atoms with E-state index in [2.05, 4.69) is 4.90 Å². The summed E-state index contributed by atoms with van der Waals surface area (Å²) < 4.78 is 25.2. The predicted octanol–water partition coefficient (Wildman–Crippen LogP) is 9.48. The summed E-state index contributed by atoms with van der Waals surface area (Å²) in [5, 5.41) is 10.6. The van der Waals surface area contributed by atoms with Crippen LogP contribution in [0, 0.1) is 0 Å². The molecule has 272 valence electrons. The first-order chi connectivity index (χ1) is 25.6. The Morgan fingerprint density at radius 2 is 1.40 bits per heavy atom. The van der Waals surface area contributed by atoms with E-state index in [0.29, 0.717) is 50.7 Å². The van der Waals surface area contributed by atoms with Gasteiger partial charge in [-0.15, -0.1) is 23.7 Å². The van der Waals surface area contributed by atoms with Crippen LogP contribution < -0.4 is 18.9 Å². The van der Waals surface area contributed by atoms with Crippen molar-refractivity contribution in [1.82, 2.24) is 4.90 Å². The van der Waals surface area contributed by atoms with Crippen molar-refractivity contribution in [2.75, 3.05) is 26.2 Å². The number of ketones is 1. The number of phenolic OH excluding ortho intramolecular Hbond substituents is 1. The summed E-state index contributed by atoms with van der Waals surface area (Å²) in [7, 11) is 0. The number of fused-ring (bicyclic) bond motifs is 1. The first kappa shape index (κ1) is 37.4. The fraction of sp³-hybridized carbons (Fsp3) is 0.209. The van der Waals surface area contributed by atoms with E-state index in [1.807, 2.05) is 72.8 Å². The van der Waals surface area contributed by atoms with Crippen LogP contribution in [-0.4, -0.2) is 48.5 Å². The summed E-state index contributed by atoms with van der Waals surface area (Å²) in [6.45, 7) is 4.35. The molecule has 1 saturated heterocycles. The van der Waals surface area contributed by atoms with Gasteiger partial charge < -0.3 is 24.1 Å². The van der Waals surface area contributed by atoms with Crippen molar-refractivity contribution >= 4 is 46.1 Å². The lowest BCUT2D eigenvalue weighted by Crippen LogP contribution is -2.33. The summed E-state index contributed by atoms with van der Waals surface area (Å²) >= 11 is 1.40. The number of thiophene rings is 1. The highest BCUT2D eigenvalue weighted by atomic mass is 35.5. The Labute approximate surface area is 318 Å². The Morgan fingerprint density at radius 1 is 0.755 bits per heavy atom. The van der Waals surface area contributed by atoms with Gasteiger partial charge in [0.15, 0.2) is 17.3 Å². The summed E-state index contributed by atoms with van der Waals surface area (Å²) in [6.07, 6.45) is 3.74. The second-order valence-electron chi connectivity index (χ2n) is 12.6. The zero-order valence-corrected chi connectivity index (χ0v) is 30.7. The summed E-state index contributed by atoms with van der Waals surface area (Å²) in [6, 6.07) is 35.0. The zero-order chi connectivity index (χ0) is 35.7. The normalized spacial score (nSPS) is 12.8. The van der Waals surface area contributed by atoms with Crippen LogP contribution in [0.15, 0.2) is 115 Å². The number of hydrogen-bond donors (Lipinski definition) is 1. The summed E-state index contributed by atoms with van der Waals surface area (Å²) in [5.74, 6) is 1.16. The average molecular weight is 750 g/mol. The maximum atomic E-state index is 14.7. The predicted molar refractivity (Wildman–Crippen MR) is 210 cm³/mol. The topological polar surface area (TPSA) is 94.5 Å². The number of carbonyl (C=O) groups is 2. The van der Waals surface area contributed by atoms with Gasteiger partial charge in [-0.05, 0) is 91.2 Å². The maximum Gasteiger partial charge on any atom is 0.298 e. The number of aromatic hydroxyl groups is 1. The van der Waals surface area contributed by atoms with Crippen molar-refractivity contribution in [3.05, 3.63) is 138 Å². The van der Waals surface area contributed by atoms with Crippen LogP contribution in [0.5, 0.6) is 28.7 Å². The van der Waals surface area contributed by atoms with Crippen molar-refractivity contribution in [3.8, 4) is 39.2 Å². The van der Waals surface area contributed by atoms with E-state index < -0.39 is 0 Å². The summed E-state index contributed by atoms with van der Waals surface area (Å²) in [4.78, 5) is 29.8. The molecular formula is C43H40ClNO7S. The van der Waals surface area contributed by atoms with Crippen LogP contribution in [-0.2, 0) is 18.0 Å². The first-order valence-electron chi connectivity index (χ1n) is 17.4. The third-order valence-corrected chi connectivity index (χ3v) is 10.3. The van der Waals surface area contributed by atoms with Gasteiger partial charge in [0.2, 0.25) is 5.75 Å². The molecule has 0 atom stereocenters.